The zero-order chi connectivity index (χ0) is 17.0. The maximum atomic E-state index is 11.9. The molecule has 2 rings (SSSR count). The number of alkyl carbamates (subject to hydrolysis) is 1. The Labute approximate surface area is 157 Å². The summed E-state index contributed by atoms with van der Waals surface area (Å²) in [6.07, 6.45) is 4.94. The van der Waals surface area contributed by atoms with E-state index in [9.17, 15) is 4.79 Å². The molecule has 0 radical (unpaired) electrons. The van der Waals surface area contributed by atoms with Crippen molar-refractivity contribution in [2.75, 3.05) is 6.54 Å². The highest BCUT2D eigenvalue weighted by atomic mass is 127. The maximum Gasteiger partial charge on any atom is 0.407 e. The number of aromatic nitrogens is 3. The van der Waals surface area contributed by atoms with E-state index in [0.717, 1.165) is 13.7 Å². The average Bonchev–Trinajstić information content (AvgIpc) is 2.85. The second-order valence-electron chi connectivity index (χ2n) is 5.94. The monoisotopic (exact) mass is 492 g/mol. The molecule has 0 spiro atoms. The summed E-state index contributed by atoms with van der Waals surface area (Å²) in [7, 11) is 0. The number of halogens is 2. The molecule has 0 aromatic carbocycles. The molecule has 0 aliphatic heterocycles. The number of pyridine rings is 1. The Kier molecular flexibility index (Phi) is 6.01. The minimum atomic E-state index is -0.531. The molecule has 2 heterocycles. The molecule has 1 N–H and O–H groups in total. The largest absolute Gasteiger partial charge is 0.444 e. The molecule has 23 heavy (non-hydrogen) atoms. The summed E-state index contributed by atoms with van der Waals surface area (Å²) in [6.45, 7) is 5.82. The van der Waals surface area contributed by atoms with Gasteiger partial charge in [-0.3, -0.25) is 9.67 Å². The quantitative estimate of drug-likeness (QED) is 0.660. The molecule has 0 saturated heterocycles. The summed E-state index contributed by atoms with van der Waals surface area (Å²) in [5, 5.41) is 7.12. The summed E-state index contributed by atoms with van der Waals surface area (Å²) in [6, 6.07) is 3.61. The fraction of sp³-hybridized carbons (Fsp3) is 0.400. The Bertz CT molecular complexity index is 667. The van der Waals surface area contributed by atoms with Crippen molar-refractivity contribution >= 4 is 44.6 Å². The van der Waals surface area contributed by atoms with E-state index in [4.69, 9.17) is 4.74 Å². The lowest BCUT2D eigenvalue weighted by Crippen LogP contribution is -2.36. The predicted molar refractivity (Wildman–Crippen MR) is 99.3 cm³/mol. The van der Waals surface area contributed by atoms with Crippen LogP contribution in [0.25, 0.3) is 0 Å². The average molecular weight is 493 g/mol. The molecule has 1 atom stereocenters. The van der Waals surface area contributed by atoms with Crippen molar-refractivity contribution in [2.45, 2.75) is 32.4 Å². The summed E-state index contributed by atoms with van der Waals surface area (Å²) in [5.74, 6) is 0. The molecule has 0 fully saturated rings. The minimum Gasteiger partial charge on any atom is -0.444 e. The molecule has 2 aromatic heterocycles. The fourth-order valence-corrected chi connectivity index (χ4v) is 2.54. The van der Waals surface area contributed by atoms with E-state index in [-0.39, 0.29) is 6.04 Å². The van der Waals surface area contributed by atoms with Gasteiger partial charge in [0.2, 0.25) is 0 Å². The number of nitrogens with one attached hydrogen (secondary N) is 1. The topological polar surface area (TPSA) is 69.0 Å². The van der Waals surface area contributed by atoms with Crippen LogP contribution in [0.15, 0.2) is 35.2 Å². The number of carbonyl (C=O) groups excluding carboxylic acids is 1. The van der Waals surface area contributed by atoms with Gasteiger partial charge in [0, 0.05) is 23.4 Å². The highest BCUT2D eigenvalue weighted by Gasteiger charge is 2.20. The van der Waals surface area contributed by atoms with Crippen LogP contribution in [0.4, 0.5) is 4.79 Å². The molecule has 2 aromatic rings. The van der Waals surface area contributed by atoms with Gasteiger partial charge in [0.15, 0.2) is 0 Å². The van der Waals surface area contributed by atoms with Gasteiger partial charge < -0.3 is 10.1 Å². The first-order valence-electron chi connectivity index (χ1n) is 7.02. The first-order chi connectivity index (χ1) is 10.7. The minimum absolute atomic E-state index is 0.209. The molecule has 0 aliphatic rings. The van der Waals surface area contributed by atoms with Crippen LogP contribution in [0.5, 0.6) is 0 Å². The predicted octanol–water partition coefficient (Wildman–Crippen LogP) is 3.76. The maximum absolute atomic E-state index is 11.9. The SMILES string of the molecule is CC(C)(C)OC(=O)NCC(c1ccc(Br)cn1)n1cc(I)cn1. The van der Waals surface area contributed by atoms with Gasteiger partial charge in [0.05, 0.1) is 15.5 Å². The molecule has 1 unspecified atom stereocenters. The summed E-state index contributed by atoms with van der Waals surface area (Å²) >= 11 is 5.57. The van der Waals surface area contributed by atoms with E-state index < -0.39 is 11.7 Å². The van der Waals surface area contributed by atoms with Crippen LogP contribution in [0.2, 0.25) is 0 Å². The van der Waals surface area contributed by atoms with Crippen molar-refractivity contribution in [3.63, 3.8) is 0 Å². The Balaban J connectivity index is 2.14. The normalized spacial score (nSPS) is 12.7. The second kappa shape index (κ2) is 7.61. The summed E-state index contributed by atoms with van der Waals surface area (Å²) < 4.78 is 8.98. The summed E-state index contributed by atoms with van der Waals surface area (Å²) in [5.41, 5.74) is 0.278. The molecular formula is C15H18BrIN4O2. The Morgan fingerprint density at radius 2 is 2.17 bits per heavy atom. The number of hydrogen-bond acceptors (Lipinski definition) is 4. The Morgan fingerprint density at radius 1 is 1.43 bits per heavy atom. The van der Waals surface area contributed by atoms with E-state index in [1.807, 2.05) is 39.1 Å². The standard InChI is InChI=1S/C15H18BrIN4O2/c1-15(2,3)23-14(22)19-8-13(21-9-11(17)7-20-21)12-5-4-10(16)6-18-12/h4-7,9,13H,8H2,1-3H3,(H,19,22). The lowest BCUT2D eigenvalue weighted by molar-refractivity contribution is 0.0522. The number of nitrogens with zero attached hydrogens (tertiary/aromatic N) is 3. The van der Waals surface area contributed by atoms with Crippen molar-refractivity contribution < 1.29 is 9.53 Å². The van der Waals surface area contributed by atoms with Crippen molar-refractivity contribution in [1.82, 2.24) is 20.1 Å². The lowest BCUT2D eigenvalue weighted by Gasteiger charge is -2.22. The van der Waals surface area contributed by atoms with Crippen LogP contribution >= 0.6 is 38.5 Å². The van der Waals surface area contributed by atoms with Crippen molar-refractivity contribution in [3.8, 4) is 0 Å². The Hall–Kier alpha value is -1.16. The zero-order valence-electron chi connectivity index (χ0n) is 13.1. The molecule has 124 valence electrons. The van der Waals surface area contributed by atoms with Crippen LogP contribution in [-0.2, 0) is 4.74 Å². The molecule has 0 saturated carbocycles. The highest BCUT2D eigenvalue weighted by Crippen LogP contribution is 2.18. The molecule has 8 heteroatoms. The van der Waals surface area contributed by atoms with E-state index in [2.05, 4.69) is 53.9 Å². The van der Waals surface area contributed by atoms with Gasteiger partial charge in [-0.15, -0.1) is 0 Å². The summed E-state index contributed by atoms with van der Waals surface area (Å²) in [4.78, 5) is 16.3. The van der Waals surface area contributed by atoms with E-state index >= 15 is 0 Å². The molecule has 0 bridgehead atoms. The first kappa shape index (κ1) is 18.2. The van der Waals surface area contributed by atoms with Crippen LogP contribution in [0.1, 0.15) is 32.5 Å². The number of carbonyl (C=O) groups is 1. The smallest absolute Gasteiger partial charge is 0.407 e. The van der Waals surface area contributed by atoms with Gasteiger partial charge in [-0.25, -0.2) is 4.79 Å². The molecular weight excluding hydrogens is 475 g/mol. The Morgan fingerprint density at radius 3 is 2.70 bits per heavy atom. The third-order valence-electron chi connectivity index (χ3n) is 2.82. The first-order valence-corrected chi connectivity index (χ1v) is 8.90. The van der Waals surface area contributed by atoms with E-state index in [1.165, 1.54) is 0 Å². The number of ether oxygens (including phenoxy) is 1. The third-order valence-corrected chi connectivity index (χ3v) is 3.85. The van der Waals surface area contributed by atoms with Gasteiger partial charge in [0.1, 0.15) is 11.6 Å². The number of hydrogen-bond donors (Lipinski definition) is 1. The van der Waals surface area contributed by atoms with Crippen LogP contribution in [0.3, 0.4) is 0 Å². The van der Waals surface area contributed by atoms with Gasteiger partial charge in [-0.1, -0.05) is 0 Å². The second-order valence-corrected chi connectivity index (χ2v) is 8.10. The molecule has 1 amide bonds. The van der Waals surface area contributed by atoms with Crippen molar-refractivity contribution in [2.24, 2.45) is 0 Å². The zero-order valence-corrected chi connectivity index (χ0v) is 16.8. The fourth-order valence-electron chi connectivity index (χ4n) is 1.90. The van der Waals surface area contributed by atoms with Crippen LogP contribution in [-0.4, -0.2) is 33.0 Å². The third kappa shape index (κ3) is 5.76. The van der Waals surface area contributed by atoms with E-state index in [0.29, 0.717) is 6.54 Å². The lowest BCUT2D eigenvalue weighted by atomic mass is 10.2. The van der Waals surface area contributed by atoms with Crippen LogP contribution < -0.4 is 5.32 Å². The van der Waals surface area contributed by atoms with Gasteiger partial charge >= 0.3 is 6.09 Å². The van der Waals surface area contributed by atoms with Gasteiger partial charge in [-0.05, 0) is 71.4 Å². The molecule has 0 aliphatic carbocycles. The molecule has 6 nitrogen and oxygen atoms in total. The van der Waals surface area contributed by atoms with Crippen molar-refractivity contribution in [3.05, 3.63) is 44.5 Å². The van der Waals surface area contributed by atoms with E-state index in [1.54, 1.807) is 17.1 Å². The van der Waals surface area contributed by atoms with Crippen molar-refractivity contribution in [1.29, 1.82) is 0 Å². The number of rotatable bonds is 4. The van der Waals surface area contributed by atoms with Gasteiger partial charge in [0.25, 0.3) is 0 Å². The van der Waals surface area contributed by atoms with Gasteiger partial charge in [-0.2, -0.15) is 5.10 Å². The van der Waals surface area contributed by atoms with Crippen LogP contribution in [0, 0.1) is 3.57 Å². The number of amides is 1. The highest BCUT2D eigenvalue weighted by molar-refractivity contribution is 14.1.